The molecule has 0 spiro atoms. The van der Waals surface area contributed by atoms with E-state index in [1.54, 1.807) is 18.2 Å². The Labute approximate surface area is 153 Å². The van der Waals surface area contributed by atoms with Crippen LogP contribution in [0.5, 0.6) is 5.75 Å². The van der Waals surface area contributed by atoms with Crippen LogP contribution < -0.4 is 15.0 Å². The smallest absolute Gasteiger partial charge is 0.255 e. The van der Waals surface area contributed by atoms with Crippen LogP contribution in [0.3, 0.4) is 0 Å². The highest BCUT2D eigenvalue weighted by Gasteiger charge is 2.34. The molecule has 1 atom stereocenters. The first-order chi connectivity index (χ1) is 12.5. The van der Waals surface area contributed by atoms with E-state index in [0.717, 1.165) is 24.5 Å². The van der Waals surface area contributed by atoms with Gasteiger partial charge in [-0.3, -0.25) is 4.79 Å². The molecule has 1 fully saturated rings. The molecular formula is C19H24N4O3. The molecule has 1 amide bonds. The van der Waals surface area contributed by atoms with E-state index in [2.05, 4.69) is 15.3 Å². The number of anilines is 1. The van der Waals surface area contributed by atoms with Crippen LogP contribution in [0.25, 0.3) is 0 Å². The molecule has 0 unspecified atom stereocenters. The lowest BCUT2D eigenvalue weighted by molar-refractivity contribution is 0.0254. The molecule has 138 valence electrons. The fourth-order valence-electron chi connectivity index (χ4n) is 3.24. The van der Waals surface area contributed by atoms with E-state index in [-0.39, 0.29) is 12.5 Å². The summed E-state index contributed by atoms with van der Waals surface area (Å²) in [5, 5.41) is 13.8. The lowest BCUT2D eigenvalue weighted by Crippen LogP contribution is -2.54. The van der Waals surface area contributed by atoms with E-state index < -0.39 is 5.60 Å². The van der Waals surface area contributed by atoms with Crippen LogP contribution >= 0.6 is 0 Å². The molecule has 0 bridgehead atoms. The summed E-state index contributed by atoms with van der Waals surface area (Å²) in [5.41, 5.74) is 0.334. The summed E-state index contributed by atoms with van der Waals surface area (Å²) in [6.07, 6.45) is 2.98. The van der Waals surface area contributed by atoms with Crippen LogP contribution in [0, 0.1) is 6.92 Å². The largest absolute Gasteiger partial charge is 0.496 e. The van der Waals surface area contributed by atoms with Crippen LogP contribution in [0.2, 0.25) is 0 Å². The Hall–Kier alpha value is -2.67. The minimum absolute atomic E-state index is 0.171. The first kappa shape index (κ1) is 18.1. The van der Waals surface area contributed by atoms with Gasteiger partial charge in [-0.25, -0.2) is 9.97 Å². The molecule has 2 heterocycles. The Balaban J connectivity index is 1.66. The zero-order valence-electron chi connectivity index (χ0n) is 15.1. The quantitative estimate of drug-likeness (QED) is 0.845. The van der Waals surface area contributed by atoms with Gasteiger partial charge in [0.15, 0.2) is 0 Å². The van der Waals surface area contributed by atoms with E-state index >= 15 is 0 Å². The van der Waals surface area contributed by atoms with Gasteiger partial charge in [0.25, 0.3) is 5.91 Å². The van der Waals surface area contributed by atoms with Gasteiger partial charge in [-0.2, -0.15) is 0 Å². The molecule has 1 aliphatic rings. The second-order valence-corrected chi connectivity index (χ2v) is 6.65. The van der Waals surface area contributed by atoms with Crippen molar-refractivity contribution in [3.63, 3.8) is 0 Å². The summed E-state index contributed by atoms with van der Waals surface area (Å²) in [6, 6.07) is 8.94. The SMILES string of the molecule is COc1ccccc1C(=O)NC[C@]1(O)CCCN(c2cc(C)ncn2)C1. The molecule has 0 radical (unpaired) electrons. The Morgan fingerprint density at radius 2 is 2.19 bits per heavy atom. The molecule has 3 rings (SSSR count). The number of piperidine rings is 1. The number of amides is 1. The molecule has 1 aromatic heterocycles. The summed E-state index contributed by atoms with van der Waals surface area (Å²) >= 11 is 0. The molecule has 2 N–H and O–H groups in total. The van der Waals surface area contributed by atoms with Crippen LogP contribution in [-0.2, 0) is 0 Å². The molecule has 7 nitrogen and oxygen atoms in total. The van der Waals surface area contributed by atoms with Crippen molar-refractivity contribution in [1.29, 1.82) is 0 Å². The summed E-state index contributed by atoms with van der Waals surface area (Å²) in [4.78, 5) is 22.9. The lowest BCUT2D eigenvalue weighted by Gasteiger charge is -2.39. The molecule has 0 aliphatic carbocycles. The normalized spacial score (nSPS) is 19.9. The predicted molar refractivity (Wildman–Crippen MR) is 98.5 cm³/mol. The molecule has 1 aromatic carbocycles. The Morgan fingerprint density at radius 1 is 1.38 bits per heavy atom. The minimum atomic E-state index is -1.01. The number of rotatable bonds is 5. The molecule has 1 saturated heterocycles. The van der Waals surface area contributed by atoms with Crippen LogP contribution in [0.1, 0.15) is 28.9 Å². The topological polar surface area (TPSA) is 87.6 Å². The number of ether oxygens (including phenoxy) is 1. The molecule has 1 aliphatic heterocycles. The Bertz CT molecular complexity index is 783. The van der Waals surface area contributed by atoms with Gasteiger partial charge in [-0.1, -0.05) is 12.1 Å². The van der Waals surface area contributed by atoms with Crippen molar-refractivity contribution in [2.75, 3.05) is 31.6 Å². The second-order valence-electron chi connectivity index (χ2n) is 6.65. The van der Waals surface area contributed by atoms with Crippen molar-refractivity contribution in [3.8, 4) is 5.75 Å². The van der Waals surface area contributed by atoms with Crippen LogP contribution in [-0.4, -0.2) is 53.3 Å². The van der Waals surface area contributed by atoms with Crippen LogP contribution in [0.4, 0.5) is 5.82 Å². The van der Waals surface area contributed by atoms with Gasteiger partial charge in [0, 0.05) is 31.4 Å². The highest BCUT2D eigenvalue weighted by atomic mass is 16.5. The number of β-amino-alcohol motifs (C(OH)–C–C–N with tert-alkyl or cyclic N) is 1. The number of nitrogens with zero attached hydrogens (tertiary/aromatic N) is 3. The van der Waals surface area contributed by atoms with Crippen molar-refractivity contribution in [3.05, 3.63) is 47.9 Å². The van der Waals surface area contributed by atoms with E-state index in [4.69, 9.17) is 4.74 Å². The molecular weight excluding hydrogens is 332 g/mol. The van der Waals surface area contributed by atoms with Crippen molar-refractivity contribution >= 4 is 11.7 Å². The van der Waals surface area contributed by atoms with Gasteiger partial charge < -0.3 is 20.1 Å². The number of aryl methyl sites for hydroxylation is 1. The number of carbonyl (C=O) groups is 1. The summed E-state index contributed by atoms with van der Waals surface area (Å²) in [7, 11) is 1.53. The number of para-hydroxylation sites is 1. The van der Waals surface area contributed by atoms with Crippen molar-refractivity contribution in [2.45, 2.75) is 25.4 Å². The van der Waals surface area contributed by atoms with Gasteiger partial charge in [0.05, 0.1) is 18.3 Å². The molecule has 0 saturated carbocycles. The molecule has 26 heavy (non-hydrogen) atoms. The maximum Gasteiger partial charge on any atom is 0.255 e. The number of methoxy groups -OCH3 is 1. The maximum atomic E-state index is 12.5. The van der Waals surface area contributed by atoms with E-state index in [1.807, 2.05) is 24.0 Å². The number of carbonyl (C=O) groups excluding carboxylic acids is 1. The van der Waals surface area contributed by atoms with Gasteiger partial charge in [0.1, 0.15) is 17.9 Å². The monoisotopic (exact) mass is 356 g/mol. The predicted octanol–water partition coefficient (Wildman–Crippen LogP) is 1.55. The van der Waals surface area contributed by atoms with Gasteiger partial charge in [-0.05, 0) is 31.9 Å². The number of hydrogen-bond donors (Lipinski definition) is 2. The fourth-order valence-corrected chi connectivity index (χ4v) is 3.24. The minimum Gasteiger partial charge on any atom is -0.496 e. The number of benzene rings is 1. The summed E-state index contributed by atoms with van der Waals surface area (Å²) < 4.78 is 5.22. The zero-order valence-corrected chi connectivity index (χ0v) is 15.1. The van der Waals surface area contributed by atoms with Gasteiger partial charge >= 0.3 is 0 Å². The van der Waals surface area contributed by atoms with E-state index in [0.29, 0.717) is 24.3 Å². The first-order valence-electron chi connectivity index (χ1n) is 8.68. The second kappa shape index (κ2) is 7.70. The third-order valence-electron chi connectivity index (χ3n) is 4.60. The summed E-state index contributed by atoms with van der Waals surface area (Å²) in [6.45, 7) is 3.31. The highest BCUT2D eigenvalue weighted by Crippen LogP contribution is 2.25. The number of aliphatic hydroxyl groups is 1. The third kappa shape index (κ3) is 4.11. The van der Waals surface area contributed by atoms with Crippen molar-refractivity contribution in [2.24, 2.45) is 0 Å². The number of aromatic nitrogens is 2. The average molecular weight is 356 g/mol. The van der Waals surface area contributed by atoms with Crippen molar-refractivity contribution < 1.29 is 14.6 Å². The van der Waals surface area contributed by atoms with Gasteiger partial charge in [0.2, 0.25) is 0 Å². The van der Waals surface area contributed by atoms with E-state index in [1.165, 1.54) is 13.4 Å². The van der Waals surface area contributed by atoms with Gasteiger partial charge in [-0.15, -0.1) is 0 Å². The third-order valence-corrected chi connectivity index (χ3v) is 4.60. The number of hydrogen-bond acceptors (Lipinski definition) is 6. The summed E-state index contributed by atoms with van der Waals surface area (Å²) in [5.74, 6) is 1.05. The Morgan fingerprint density at radius 3 is 2.96 bits per heavy atom. The first-order valence-corrected chi connectivity index (χ1v) is 8.68. The van der Waals surface area contributed by atoms with Crippen molar-refractivity contribution in [1.82, 2.24) is 15.3 Å². The lowest BCUT2D eigenvalue weighted by atomic mass is 9.92. The zero-order chi connectivity index (χ0) is 18.6. The van der Waals surface area contributed by atoms with Crippen LogP contribution in [0.15, 0.2) is 36.7 Å². The fraction of sp³-hybridized carbons (Fsp3) is 0.421. The Kier molecular flexibility index (Phi) is 5.37. The number of nitrogens with one attached hydrogen (secondary N) is 1. The maximum absolute atomic E-state index is 12.5. The average Bonchev–Trinajstić information content (AvgIpc) is 2.66. The molecule has 2 aromatic rings. The standard InChI is InChI=1S/C19H24N4O3/c1-14-10-17(22-13-21-14)23-9-5-8-19(25,12-23)11-20-18(24)15-6-3-4-7-16(15)26-2/h3-4,6-7,10,13,25H,5,8-9,11-12H2,1-2H3,(H,20,24)/t19-/m1/s1. The molecule has 7 heteroatoms. The highest BCUT2D eigenvalue weighted by molar-refractivity contribution is 5.96. The van der Waals surface area contributed by atoms with E-state index in [9.17, 15) is 9.90 Å².